The average molecular weight is 445 g/mol. The summed E-state index contributed by atoms with van der Waals surface area (Å²) < 4.78 is 5.41. The third kappa shape index (κ3) is 6.55. The molecule has 31 heavy (non-hydrogen) atoms. The lowest BCUT2D eigenvalue weighted by Gasteiger charge is -2.17. The Bertz CT molecular complexity index is 900. The zero-order valence-electron chi connectivity index (χ0n) is 18.7. The maximum atomic E-state index is 12.6. The summed E-state index contributed by atoms with van der Waals surface area (Å²) in [5.74, 6) is 1.19. The van der Waals surface area contributed by atoms with Crippen molar-refractivity contribution in [2.75, 3.05) is 38.7 Å². The highest BCUT2D eigenvalue weighted by Crippen LogP contribution is 2.29. The summed E-state index contributed by atoms with van der Waals surface area (Å²) in [6.07, 6.45) is 4.22. The molecule has 0 aromatic heterocycles. The first kappa shape index (κ1) is 24.9. The van der Waals surface area contributed by atoms with Gasteiger partial charge in [0.15, 0.2) is 5.78 Å². The Hall–Kier alpha value is -2.37. The van der Waals surface area contributed by atoms with E-state index in [0.29, 0.717) is 13.0 Å². The molecular weight excluding hydrogens is 412 g/mol. The van der Waals surface area contributed by atoms with Crippen LogP contribution in [0.25, 0.3) is 0 Å². The molecule has 168 valence electrons. The maximum Gasteiger partial charge on any atom is 0.223 e. The van der Waals surface area contributed by atoms with Crippen molar-refractivity contribution < 1.29 is 14.3 Å². The molecular formula is C25H33ClN2O3. The second kappa shape index (κ2) is 11.9. The Kier molecular flexibility index (Phi) is 9.53. The molecule has 0 unspecified atom stereocenters. The molecule has 0 fully saturated rings. The van der Waals surface area contributed by atoms with Crippen LogP contribution in [0.5, 0.6) is 5.75 Å². The van der Waals surface area contributed by atoms with E-state index in [-0.39, 0.29) is 24.1 Å². The molecule has 2 aromatic rings. The Morgan fingerprint density at radius 3 is 2.61 bits per heavy atom. The van der Waals surface area contributed by atoms with E-state index in [4.69, 9.17) is 4.74 Å². The molecule has 6 heteroatoms. The number of unbranched alkanes of at least 4 members (excludes halogenated alkanes) is 1. The van der Waals surface area contributed by atoms with E-state index in [1.807, 2.05) is 36.4 Å². The van der Waals surface area contributed by atoms with E-state index in [0.717, 1.165) is 61.3 Å². The van der Waals surface area contributed by atoms with Crippen molar-refractivity contribution >= 4 is 29.8 Å². The van der Waals surface area contributed by atoms with Gasteiger partial charge in [0.05, 0.1) is 7.11 Å². The number of rotatable bonds is 10. The van der Waals surface area contributed by atoms with E-state index in [1.54, 1.807) is 18.9 Å². The predicted octanol–water partition coefficient (Wildman–Crippen LogP) is 4.55. The Morgan fingerprint density at radius 1 is 1.10 bits per heavy atom. The summed E-state index contributed by atoms with van der Waals surface area (Å²) in [5.41, 5.74) is 4.05. The lowest BCUT2D eigenvalue weighted by Crippen LogP contribution is -2.25. The number of hydrogen-bond acceptors (Lipinski definition) is 4. The third-order valence-corrected chi connectivity index (χ3v) is 5.83. The highest BCUT2D eigenvalue weighted by Gasteiger charge is 2.23. The van der Waals surface area contributed by atoms with Crippen molar-refractivity contribution in [3.05, 3.63) is 59.2 Å². The quantitative estimate of drug-likeness (QED) is 0.398. The number of ketones is 1. The van der Waals surface area contributed by atoms with Gasteiger partial charge >= 0.3 is 0 Å². The molecule has 1 aliphatic heterocycles. The summed E-state index contributed by atoms with van der Waals surface area (Å²) >= 11 is 0. The van der Waals surface area contributed by atoms with Crippen LogP contribution in [0.3, 0.4) is 0 Å². The lowest BCUT2D eigenvalue weighted by molar-refractivity contribution is -0.116. The molecule has 0 saturated heterocycles. The largest absolute Gasteiger partial charge is 0.496 e. The van der Waals surface area contributed by atoms with Gasteiger partial charge in [0.2, 0.25) is 5.91 Å². The summed E-state index contributed by atoms with van der Waals surface area (Å²) in [4.78, 5) is 28.3. The molecule has 1 heterocycles. The summed E-state index contributed by atoms with van der Waals surface area (Å²) in [5, 5.41) is 0. The molecule has 5 nitrogen and oxygen atoms in total. The van der Waals surface area contributed by atoms with Crippen molar-refractivity contribution in [3.63, 3.8) is 0 Å². The van der Waals surface area contributed by atoms with Crippen molar-refractivity contribution in [1.29, 1.82) is 0 Å². The SMILES string of the molecule is COc1ccccc1CCN(C)CCCCC(=O)c1ccc2c(c1)CCN2C(C)=O.Cl. The fourth-order valence-electron chi connectivity index (χ4n) is 4.05. The zero-order chi connectivity index (χ0) is 21.5. The monoisotopic (exact) mass is 444 g/mol. The van der Waals surface area contributed by atoms with Crippen LogP contribution in [0.4, 0.5) is 5.69 Å². The number of methoxy groups -OCH3 is 1. The number of carbonyl (C=O) groups excluding carboxylic acids is 2. The molecule has 0 saturated carbocycles. The second-order valence-electron chi connectivity index (χ2n) is 8.01. The molecule has 0 spiro atoms. The number of ether oxygens (including phenoxy) is 1. The molecule has 0 atom stereocenters. The molecule has 0 radical (unpaired) electrons. The molecule has 0 aliphatic carbocycles. The number of hydrogen-bond donors (Lipinski definition) is 0. The number of benzene rings is 2. The van der Waals surface area contributed by atoms with Gasteiger partial charge in [-0.3, -0.25) is 9.59 Å². The number of nitrogens with zero attached hydrogens (tertiary/aromatic N) is 2. The number of amides is 1. The number of fused-ring (bicyclic) bond motifs is 1. The predicted molar refractivity (Wildman–Crippen MR) is 128 cm³/mol. The molecule has 2 aromatic carbocycles. The topological polar surface area (TPSA) is 49.9 Å². The van der Waals surface area contributed by atoms with Gasteiger partial charge < -0.3 is 14.5 Å². The first-order valence-corrected chi connectivity index (χ1v) is 10.7. The number of para-hydroxylation sites is 1. The maximum absolute atomic E-state index is 12.6. The van der Waals surface area contributed by atoms with Crippen molar-refractivity contribution in [2.45, 2.75) is 39.0 Å². The third-order valence-electron chi connectivity index (χ3n) is 5.83. The Morgan fingerprint density at radius 2 is 1.87 bits per heavy atom. The zero-order valence-corrected chi connectivity index (χ0v) is 19.5. The Labute approximate surface area is 191 Å². The molecule has 0 bridgehead atoms. The van der Waals surface area contributed by atoms with Crippen LogP contribution >= 0.6 is 12.4 Å². The summed E-state index contributed by atoms with van der Waals surface area (Å²) in [6, 6.07) is 13.9. The van der Waals surface area contributed by atoms with Crippen LogP contribution in [0, 0.1) is 0 Å². The number of anilines is 1. The standard InChI is InChI=1S/C25H32N2O3.ClH/c1-19(28)27-17-14-21-18-22(11-12-23(21)27)24(29)9-6-7-15-26(2)16-13-20-8-4-5-10-25(20)30-3;/h4-5,8,10-12,18H,6-7,9,13-17H2,1-3H3;1H. The van der Waals surface area contributed by atoms with Crippen LogP contribution in [0.1, 0.15) is 47.7 Å². The number of carbonyl (C=O) groups is 2. The van der Waals surface area contributed by atoms with Gasteiger partial charge in [-0.2, -0.15) is 0 Å². The van der Waals surface area contributed by atoms with Gasteiger partial charge in [-0.1, -0.05) is 18.2 Å². The van der Waals surface area contributed by atoms with E-state index < -0.39 is 0 Å². The lowest BCUT2D eigenvalue weighted by atomic mass is 10.0. The van der Waals surface area contributed by atoms with Gasteiger partial charge in [0, 0.05) is 37.7 Å². The summed E-state index contributed by atoms with van der Waals surface area (Å²) in [7, 11) is 3.83. The first-order chi connectivity index (χ1) is 14.5. The normalized spacial score (nSPS) is 12.5. The van der Waals surface area contributed by atoms with Crippen molar-refractivity contribution in [2.24, 2.45) is 0 Å². The summed E-state index contributed by atoms with van der Waals surface area (Å²) in [6.45, 7) is 4.23. The van der Waals surface area contributed by atoms with Gasteiger partial charge in [0.1, 0.15) is 5.75 Å². The Balaban J connectivity index is 0.00000341. The molecule has 1 aliphatic rings. The first-order valence-electron chi connectivity index (χ1n) is 10.7. The highest BCUT2D eigenvalue weighted by atomic mass is 35.5. The fourth-order valence-corrected chi connectivity index (χ4v) is 4.05. The van der Waals surface area contributed by atoms with Crippen LogP contribution in [-0.2, 0) is 17.6 Å². The molecule has 3 rings (SSSR count). The van der Waals surface area contributed by atoms with Crippen molar-refractivity contribution in [3.8, 4) is 5.75 Å². The van der Waals surface area contributed by atoms with E-state index in [2.05, 4.69) is 18.0 Å². The number of Topliss-reactive ketones (excluding diaryl/α,β-unsaturated/α-hetero) is 1. The van der Waals surface area contributed by atoms with Crippen LogP contribution in [-0.4, -0.2) is 50.4 Å². The second-order valence-corrected chi connectivity index (χ2v) is 8.01. The minimum atomic E-state index is 0. The van der Waals surface area contributed by atoms with E-state index >= 15 is 0 Å². The van der Waals surface area contributed by atoms with Crippen LogP contribution < -0.4 is 9.64 Å². The molecule has 1 amide bonds. The minimum absolute atomic E-state index is 0. The fraction of sp³-hybridized carbons (Fsp3) is 0.440. The van der Waals surface area contributed by atoms with Crippen LogP contribution in [0.2, 0.25) is 0 Å². The number of likely N-dealkylation sites (N-methyl/N-ethyl adjacent to an activating group) is 1. The van der Waals surface area contributed by atoms with Gasteiger partial charge in [-0.05, 0) is 74.7 Å². The van der Waals surface area contributed by atoms with Gasteiger partial charge in [-0.15, -0.1) is 12.4 Å². The highest BCUT2D eigenvalue weighted by molar-refractivity contribution is 5.98. The number of halogens is 1. The smallest absolute Gasteiger partial charge is 0.223 e. The van der Waals surface area contributed by atoms with Crippen LogP contribution in [0.15, 0.2) is 42.5 Å². The van der Waals surface area contributed by atoms with E-state index in [1.165, 1.54) is 5.56 Å². The minimum Gasteiger partial charge on any atom is -0.496 e. The molecule has 0 N–H and O–H groups in total. The van der Waals surface area contributed by atoms with Gasteiger partial charge in [0.25, 0.3) is 0 Å². The van der Waals surface area contributed by atoms with Gasteiger partial charge in [-0.25, -0.2) is 0 Å². The van der Waals surface area contributed by atoms with E-state index in [9.17, 15) is 9.59 Å². The van der Waals surface area contributed by atoms with Crippen molar-refractivity contribution in [1.82, 2.24) is 4.90 Å². The average Bonchev–Trinajstić information content (AvgIpc) is 3.19.